The molecule has 0 fully saturated rings. The maximum absolute atomic E-state index is 12.6. The molecule has 0 saturated carbocycles. The Morgan fingerprint density at radius 1 is 0.963 bits per heavy atom. The second kappa shape index (κ2) is 7.86. The molecular formula is C21H22N4O2. The minimum Gasteiger partial charge on any atom is -0.495 e. The first-order chi connectivity index (χ1) is 13.0. The number of aryl methyl sites for hydroxylation is 3. The Bertz CT molecular complexity index is 986. The van der Waals surface area contributed by atoms with Crippen molar-refractivity contribution in [3.63, 3.8) is 0 Å². The highest BCUT2D eigenvalue weighted by molar-refractivity contribution is 6.03. The van der Waals surface area contributed by atoms with E-state index in [0.29, 0.717) is 17.4 Å². The smallest absolute Gasteiger partial charge is 0.274 e. The molecule has 27 heavy (non-hydrogen) atoms. The zero-order valence-corrected chi connectivity index (χ0v) is 15.8. The second-order valence-corrected chi connectivity index (χ2v) is 6.30. The summed E-state index contributed by atoms with van der Waals surface area (Å²) in [5, 5.41) is 6.00. The zero-order valence-electron chi connectivity index (χ0n) is 15.8. The van der Waals surface area contributed by atoms with Crippen molar-refractivity contribution in [3.05, 3.63) is 71.0 Å². The van der Waals surface area contributed by atoms with Gasteiger partial charge in [-0.3, -0.25) is 4.79 Å². The van der Waals surface area contributed by atoms with Crippen LogP contribution in [0, 0.1) is 20.8 Å². The molecular weight excluding hydrogens is 340 g/mol. The average molecular weight is 362 g/mol. The van der Waals surface area contributed by atoms with Gasteiger partial charge in [-0.15, -0.1) is 0 Å². The van der Waals surface area contributed by atoms with Crippen LogP contribution in [0.1, 0.15) is 27.3 Å². The average Bonchev–Trinajstić information content (AvgIpc) is 2.64. The molecule has 2 aromatic carbocycles. The van der Waals surface area contributed by atoms with Crippen LogP contribution in [0.5, 0.6) is 5.75 Å². The number of para-hydroxylation sites is 2. The number of aromatic nitrogens is 2. The predicted octanol–water partition coefficient (Wildman–Crippen LogP) is 4.41. The monoisotopic (exact) mass is 362 g/mol. The van der Waals surface area contributed by atoms with Crippen LogP contribution in [0.3, 0.4) is 0 Å². The normalized spacial score (nSPS) is 10.4. The van der Waals surface area contributed by atoms with E-state index in [1.54, 1.807) is 13.2 Å². The molecule has 1 aromatic heterocycles. The SMILES string of the molecule is COc1ccccc1Nc1nc(C)cc(C(=O)Nc2ccc(C)c(C)c2)n1. The van der Waals surface area contributed by atoms with Crippen molar-refractivity contribution >= 4 is 23.2 Å². The molecule has 0 atom stereocenters. The lowest BCUT2D eigenvalue weighted by Gasteiger charge is -2.12. The highest BCUT2D eigenvalue weighted by Crippen LogP contribution is 2.25. The van der Waals surface area contributed by atoms with Gasteiger partial charge in [-0.05, 0) is 62.2 Å². The quantitative estimate of drug-likeness (QED) is 0.703. The number of carbonyl (C=O) groups is 1. The number of carbonyl (C=O) groups excluding carboxylic acids is 1. The second-order valence-electron chi connectivity index (χ2n) is 6.30. The largest absolute Gasteiger partial charge is 0.495 e. The van der Waals surface area contributed by atoms with E-state index in [-0.39, 0.29) is 11.6 Å². The van der Waals surface area contributed by atoms with Crippen LogP contribution < -0.4 is 15.4 Å². The van der Waals surface area contributed by atoms with Crippen molar-refractivity contribution in [2.24, 2.45) is 0 Å². The summed E-state index contributed by atoms with van der Waals surface area (Å²) >= 11 is 0. The third-order valence-electron chi connectivity index (χ3n) is 4.21. The first-order valence-electron chi connectivity index (χ1n) is 8.60. The number of amides is 1. The Morgan fingerprint density at radius 2 is 1.74 bits per heavy atom. The van der Waals surface area contributed by atoms with Gasteiger partial charge in [0.25, 0.3) is 5.91 Å². The number of rotatable bonds is 5. The van der Waals surface area contributed by atoms with Crippen molar-refractivity contribution in [2.75, 3.05) is 17.7 Å². The molecule has 2 N–H and O–H groups in total. The molecule has 1 heterocycles. The van der Waals surface area contributed by atoms with Gasteiger partial charge in [0.15, 0.2) is 0 Å². The first kappa shape index (κ1) is 18.4. The van der Waals surface area contributed by atoms with Crippen molar-refractivity contribution < 1.29 is 9.53 Å². The molecule has 138 valence electrons. The van der Waals surface area contributed by atoms with E-state index in [1.807, 2.05) is 63.2 Å². The van der Waals surface area contributed by atoms with E-state index in [4.69, 9.17) is 4.74 Å². The number of ether oxygens (including phenoxy) is 1. The van der Waals surface area contributed by atoms with E-state index in [1.165, 1.54) is 5.56 Å². The maximum Gasteiger partial charge on any atom is 0.274 e. The van der Waals surface area contributed by atoms with Crippen LogP contribution in [0.2, 0.25) is 0 Å². The zero-order chi connectivity index (χ0) is 19.4. The number of benzene rings is 2. The molecule has 0 aliphatic heterocycles. The number of hydrogen-bond donors (Lipinski definition) is 2. The lowest BCUT2D eigenvalue weighted by atomic mass is 10.1. The topological polar surface area (TPSA) is 76.1 Å². The van der Waals surface area contributed by atoms with Gasteiger partial charge >= 0.3 is 0 Å². The van der Waals surface area contributed by atoms with Gasteiger partial charge in [-0.1, -0.05) is 18.2 Å². The number of anilines is 3. The molecule has 0 unspecified atom stereocenters. The molecule has 0 spiro atoms. The van der Waals surface area contributed by atoms with Crippen LogP contribution in [-0.2, 0) is 0 Å². The van der Waals surface area contributed by atoms with Crippen molar-refractivity contribution in [2.45, 2.75) is 20.8 Å². The van der Waals surface area contributed by atoms with E-state index < -0.39 is 0 Å². The van der Waals surface area contributed by atoms with Crippen LogP contribution in [0.25, 0.3) is 0 Å². The fraction of sp³-hybridized carbons (Fsp3) is 0.190. The number of nitrogens with zero attached hydrogens (tertiary/aromatic N) is 2. The van der Waals surface area contributed by atoms with Crippen LogP contribution in [-0.4, -0.2) is 23.0 Å². The fourth-order valence-electron chi connectivity index (χ4n) is 2.62. The van der Waals surface area contributed by atoms with E-state index >= 15 is 0 Å². The van der Waals surface area contributed by atoms with E-state index in [9.17, 15) is 4.79 Å². The van der Waals surface area contributed by atoms with E-state index in [2.05, 4.69) is 20.6 Å². The third kappa shape index (κ3) is 4.41. The summed E-state index contributed by atoms with van der Waals surface area (Å²) in [6.07, 6.45) is 0. The summed E-state index contributed by atoms with van der Waals surface area (Å²) in [4.78, 5) is 21.3. The van der Waals surface area contributed by atoms with Crippen LogP contribution >= 0.6 is 0 Å². The van der Waals surface area contributed by atoms with Crippen molar-refractivity contribution in [1.82, 2.24) is 9.97 Å². The standard InChI is InChI=1S/C21H22N4O2/c1-13-9-10-16(11-14(13)2)23-20(26)18-12-15(3)22-21(25-18)24-17-7-5-6-8-19(17)27-4/h5-12H,1-4H3,(H,23,26)(H,22,24,25). The Hall–Kier alpha value is -3.41. The first-order valence-corrected chi connectivity index (χ1v) is 8.60. The summed E-state index contributed by atoms with van der Waals surface area (Å²) in [5.41, 5.74) is 4.73. The highest BCUT2D eigenvalue weighted by Gasteiger charge is 2.12. The van der Waals surface area contributed by atoms with Gasteiger partial charge < -0.3 is 15.4 Å². The molecule has 0 bridgehead atoms. The summed E-state index contributed by atoms with van der Waals surface area (Å²) in [6, 6.07) is 14.9. The Morgan fingerprint density at radius 3 is 2.48 bits per heavy atom. The summed E-state index contributed by atoms with van der Waals surface area (Å²) in [7, 11) is 1.60. The maximum atomic E-state index is 12.6. The van der Waals surface area contributed by atoms with E-state index in [0.717, 1.165) is 16.9 Å². The van der Waals surface area contributed by atoms with Crippen LogP contribution in [0.15, 0.2) is 48.5 Å². The minimum absolute atomic E-state index is 0.285. The minimum atomic E-state index is -0.285. The van der Waals surface area contributed by atoms with Gasteiger partial charge in [0, 0.05) is 11.4 Å². The van der Waals surface area contributed by atoms with Gasteiger partial charge in [-0.2, -0.15) is 0 Å². The van der Waals surface area contributed by atoms with Gasteiger partial charge in [-0.25, -0.2) is 9.97 Å². The Kier molecular flexibility index (Phi) is 5.35. The summed E-state index contributed by atoms with van der Waals surface area (Å²) < 4.78 is 5.33. The van der Waals surface area contributed by atoms with Gasteiger partial charge in [0.2, 0.25) is 5.95 Å². The third-order valence-corrected chi connectivity index (χ3v) is 4.21. The molecule has 3 rings (SSSR count). The number of nitrogens with one attached hydrogen (secondary N) is 2. The molecule has 0 aliphatic carbocycles. The van der Waals surface area contributed by atoms with Crippen molar-refractivity contribution in [1.29, 1.82) is 0 Å². The van der Waals surface area contributed by atoms with Gasteiger partial charge in [0.1, 0.15) is 11.4 Å². The predicted molar refractivity (Wildman–Crippen MR) is 107 cm³/mol. The Balaban J connectivity index is 1.84. The number of hydrogen-bond acceptors (Lipinski definition) is 5. The Labute approximate surface area is 158 Å². The summed E-state index contributed by atoms with van der Waals surface area (Å²) in [5.74, 6) is 0.723. The molecule has 0 saturated heterocycles. The lowest BCUT2D eigenvalue weighted by Crippen LogP contribution is -2.15. The summed E-state index contributed by atoms with van der Waals surface area (Å²) in [6.45, 7) is 5.86. The molecule has 0 aliphatic rings. The molecule has 6 heteroatoms. The highest BCUT2D eigenvalue weighted by atomic mass is 16.5. The number of methoxy groups -OCH3 is 1. The lowest BCUT2D eigenvalue weighted by molar-refractivity contribution is 0.102. The molecule has 1 amide bonds. The molecule has 6 nitrogen and oxygen atoms in total. The van der Waals surface area contributed by atoms with Gasteiger partial charge in [0.05, 0.1) is 12.8 Å². The van der Waals surface area contributed by atoms with Crippen LogP contribution in [0.4, 0.5) is 17.3 Å². The fourth-order valence-corrected chi connectivity index (χ4v) is 2.62. The van der Waals surface area contributed by atoms with Crippen molar-refractivity contribution in [3.8, 4) is 5.75 Å². The molecule has 0 radical (unpaired) electrons. The molecule has 3 aromatic rings.